The molecule has 0 radical (unpaired) electrons. The lowest BCUT2D eigenvalue weighted by atomic mass is 9.72. The van der Waals surface area contributed by atoms with E-state index in [1.807, 2.05) is 91.1 Å². The average molecular weight is 487 g/mol. The van der Waals surface area contributed by atoms with Crippen molar-refractivity contribution in [2.24, 2.45) is 5.92 Å². The summed E-state index contributed by atoms with van der Waals surface area (Å²) in [6.45, 7) is 0.706. The van der Waals surface area contributed by atoms with Crippen LogP contribution in [0.25, 0.3) is 11.3 Å². The second-order valence-electron chi connectivity index (χ2n) is 8.76. The number of aromatic nitrogens is 3. The molecular weight excluding hydrogens is 464 g/mol. The molecule has 7 nitrogen and oxygen atoms in total. The Labute approximate surface area is 207 Å². The first-order valence-corrected chi connectivity index (χ1v) is 11.8. The minimum absolute atomic E-state index is 0.195. The predicted molar refractivity (Wildman–Crippen MR) is 132 cm³/mol. The maximum Gasteiger partial charge on any atom is 0.256 e. The van der Waals surface area contributed by atoms with Gasteiger partial charge in [0.25, 0.3) is 5.91 Å². The quantitative estimate of drug-likeness (QED) is 0.297. The first-order chi connectivity index (χ1) is 17.1. The van der Waals surface area contributed by atoms with Gasteiger partial charge in [-0.05, 0) is 24.3 Å². The molecule has 0 aliphatic carbocycles. The molecule has 0 N–H and O–H groups in total. The third kappa shape index (κ3) is 3.12. The van der Waals surface area contributed by atoms with Crippen LogP contribution in [0.4, 0.5) is 5.69 Å². The van der Waals surface area contributed by atoms with E-state index in [0.717, 1.165) is 16.8 Å². The van der Waals surface area contributed by atoms with Crippen LogP contribution < -0.4 is 9.64 Å². The standard InChI is InChI=1S/C27H23ClN4O3/c1-34-23-14-12-22(13-15-23)32-25(33)26(28)21(18-35-27(26,32)20-10-6-3-7-11-20)16-31-17-24(29-30-31)19-8-4-2-5-9-19/h2-15,17,21H,16,18H2,1H3/t21-,26-,27+/m0/s1. The lowest BCUT2D eigenvalue weighted by molar-refractivity contribution is -0.149. The van der Waals surface area contributed by atoms with Gasteiger partial charge in [0.2, 0.25) is 5.72 Å². The fourth-order valence-electron chi connectivity index (χ4n) is 5.17. The van der Waals surface area contributed by atoms with Gasteiger partial charge >= 0.3 is 0 Å². The smallest absolute Gasteiger partial charge is 0.256 e. The Bertz CT molecular complexity index is 1360. The number of benzene rings is 3. The van der Waals surface area contributed by atoms with Gasteiger partial charge in [-0.1, -0.05) is 65.9 Å². The number of alkyl halides is 1. The SMILES string of the molecule is COc1ccc(N2C(=O)[C@@]3(Cl)[C@@H](Cn4cc(-c5ccccc5)nn4)CO[C@@]23c2ccccc2)cc1. The van der Waals surface area contributed by atoms with Gasteiger partial charge in [0.1, 0.15) is 11.4 Å². The van der Waals surface area contributed by atoms with Gasteiger partial charge in [0.15, 0.2) is 4.87 Å². The zero-order chi connectivity index (χ0) is 24.0. The maximum atomic E-state index is 13.8. The second kappa shape index (κ2) is 8.22. The van der Waals surface area contributed by atoms with Crippen LogP contribution >= 0.6 is 11.6 Å². The molecule has 3 atom stereocenters. The topological polar surface area (TPSA) is 69.5 Å². The molecule has 1 amide bonds. The molecule has 3 aromatic carbocycles. The normalized spacial score (nSPS) is 25.3. The summed E-state index contributed by atoms with van der Waals surface area (Å²) in [7, 11) is 1.61. The van der Waals surface area contributed by atoms with Crippen molar-refractivity contribution in [3.05, 3.63) is 96.7 Å². The van der Waals surface area contributed by atoms with E-state index in [9.17, 15) is 4.79 Å². The molecule has 2 saturated heterocycles. The number of anilines is 1. The molecule has 0 bridgehead atoms. The fourth-order valence-corrected chi connectivity index (χ4v) is 5.63. The lowest BCUT2D eigenvalue weighted by Gasteiger charge is -2.58. The van der Waals surface area contributed by atoms with Crippen molar-refractivity contribution in [3.63, 3.8) is 0 Å². The monoisotopic (exact) mass is 486 g/mol. The first-order valence-electron chi connectivity index (χ1n) is 11.4. The number of rotatable bonds is 6. The predicted octanol–water partition coefficient (Wildman–Crippen LogP) is 4.48. The van der Waals surface area contributed by atoms with Crippen LogP contribution in [0.5, 0.6) is 5.75 Å². The van der Waals surface area contributed by atoms with Crippen LogP contribution in [0.15, 0.2) is 91.1 Å². The van der Waals surface area contributed by atoms with E-state index in [1.165, 1.54) is 0 Å². The summed E-state index contributed by atoms with van der Waals surface area (Å²) in [4.78, 5) is 14.1. The van der Waals surface area contributed by atoms with E-state index in [-0.39, 0.29) is 11.8 Å². The van der Waals surface area contributed by atoms with E-state index in [2.05, 4.69) is 10.3 Å². The summed E-state index contributed by atoms with van der Waals surface area (Å²) in [5.41, 5.74) is 2.14. The lowest BCUT2D eigenvalue weighted by Crippen LogP contribution is -2.78. The van der Waals surface area contributed by atoms with Crippen LogP contribution in [0.3, 0.4) is 0 Å². The van der Waals surface area contributed by atoms with E-state index in [4.69, 9.17) is 21.1 Å². The van der Waals surface area contributed by atoms with Crippen molar-refractivity contribution in [1.29, 1.82) is 0 Å². The third-order valence-electron chi connectivity index (χ3n) is 6.89. The molecular formula is C27H23ClN4O3. The number of hydrogen-bond acceptors (Lipinski definition) is 5. The van der Waals surface area contributed by atoms with Crippen LogP contribution in [0.2, 0.25) is 0 Å². The molecule has 2 fully saturated rings. The summed E-state index contributed by atoms with van der Waals surface area (Å²) in [5.74, 6) is 0.203. The molecule has 0 spiro atoms. The molecule has 3 heterocycles. The molecule has 2 aliphatic rings. The molecule has 0 saturated carbocycles. The van der Waals surface area contributed by atoms with Crippen molar-refractivity contribution in [2.45, 2.75) is 17.1 Å². The Morgan fingerprint density at radius 1 is 1.03 bits per heavy atom. The molecule has 4 aromatic rings. The number of ether oxygens (including phenoxy) is 2. The zero-order valence-electron chi connectivity index (χ0n) is 19.0. The van der Waals surface area contributed by atoms with E-state index >= 15 is 0 Å². The van der Waals surface area contributed by atoms with Gasteiger partial charge in [0, 0.05) is 22.7 Å². The largest absolute Gasteiger partial charge is 0.497 e. The van der Waals surface area contributed by atoms with Crippen LogP contribution in [0.1, 0.15) is 5.56 Å². The molecule has 176 valence electrons. The summed E-state index contributed by atoms with van der Waals surface area (Å²) >= 11 is 7.29. The van der Waals surface area contributed by atoms with E-state index in [0.29, 0.717) is 24.6 Å². The first kappa shape index (κ1) is 21.8. The number of hydrogen-bond donors (Lipinski definition) is 0. The maximum absolute atomic E-state index is 13.8. The minimum Gasteiger partial charge on any atom is -0.497 e. The highest BCUT2D eigenvalue weighted by atomic mass is 35.5. The highest BCUT2D eigenvalue weighted by molar-refractivity contribution is 6.42. The van der Waals surface area contributed by atoms with Crippen LogP contribution in [-0.2, 0) is 21.8 Å². The van der Waals surface area contributed by atoms with Crippen molar-refractivity contribution in [3.8, 4) is 17.0 Å². The number of fused-ring (bicyclic) bond motifs is 1. The fraction of sp³-hybridized carbons (Fsp3) is 0.222. The number of carbonyl (C=O) groups excluding carboxylic acids is 1. The molecule has 35 heavy (non-hydrogen) atoms. The average Bonchev–Trinajstić information content (AvgIpc) is 3.48. The number of halogens is 1. The highest BCUT2D eigenvalue weighted by Crippen LogP contribution is 2.63. The van der Waals surface area contributed by atoms with Gasteiger partial charge in [-0.2, -0.15) is 0 Å². The molecule has 8 heteroatoms. The molecule has 2 aliphatic heterocycles. The Hall–Kier alpha value is -3.68. The molecule has 6 rings (SSSR count). The van der Waals surface area contributed by atoms with Gasteiger partial charge in [-0.3, -0.25) is 14.4 Å². The number of amides is 1. The van der Waals surface area contributed by atoms with Crippen molar-refractivity contribution in [2.75, 3.05) is 18.6 Å². The van der Waals surface area contributed by atoms with Gasteiger partial charge in [-0.15, -0.1) is 16.7 Å². The van der Waals surface area contributed by atoms with Crippen molar-refractivity contribution >= 4 is 23.2 Å². The summed E-state index contributed by atoms with van der Waals surface area (Å²) in [5, 5.41) is 8.61. The Morgan fingerprint density at radius 2 is 1.71 bits per heavy atom. The van der Waals surface area contributed by atoms with Crippen LogP contribution in [0, 0.1) is 5.92 Å². The van der Waals surface area contributed by atoms with Gasteiger partial charge in [0.05, 0.1) is 26.5 Å². The summed E-state index contributed by atoms with van der Waals surface area (Å²) in [6.07, 6.45) is 1.88. The molecule has 1 aromatic heterocycles. The van der Waals surface area contributed by atoms with Crippen molar-refractivity contribution in [1.82, 2.24) is 15.0 Å². The summed E-state index contributed by atoms with van der Waals surface area (Å²) in [6, 6.07) is 26.9. The minimum atomic E-state index is -1.28. The Morgan fingerprint density at radius 3 is 2.40 bits per heavy atom. The third-order valence-corrected chi connectivity index (χ3v) is 7.62. The number of carbonyl (C=O) groups is 1. The number of β-lactam (4-membered cyclic amide) rings is 1. The van der Waals surface area contributed by atoms with Crippen LogP contribution in [-0.4, -0.2) is 39.5 Å². The number of nitrogens with zero attached hydrogens (tertiary/aromatic N) is 4. The van der Waals surface area contributed by atoms with Gasteiger partial charge < -0.3 is 9.47 Å². The number of methoxy groups -OCH3 is 1. The molecule has 0 unspecified atom stereocenters. The Kier molecular flexibility index (Phi) is 5.12. The highest BCUT2D eigenvalue weighted by Gasteiger charge is 2.79. The van der Waals surface area contributed by atoms with E-state index in [1.54, 1.807) is 16.7 Å². The Balaban J connectivity index is 1.36. The zero-order valence-corrected chi connectivity index (χ0v) is 19.8. The summed E-state index contributed by atoms with van der Waals surface area (Å²) < 4.78 is 13.5. The van der Waals surface area contributed by atoms with Crippen molar-refractivity contribution < 1.29 is 14.3 Å². The van der Waals surface area contributed by atoms with E-state index < -0.39 is 10.6 Å². The second-order valence-corrected chi connectivity index (χ2v) is 9.36. The van der Waals surface area contributed by atoms with Gasteiger partial charge in [-0.25, -0.2) is 0 Å².